The molecule has 5 rings (SSSR count). The average molecular weight is 395 g/mol. The standard InChI is InChI=1S/C20H21N5O4/c26-16-4-3-15(19(27)21-16)25-10-13-9-12(1-2-14(13)20(25)28)18-22-17(23-24-18)11-5-7-29-8-6-11/h1-2,9,11,15H,3-8,10H2,(H,21,26,27)(H,22,23,24). The molecule has 1 aromatic heterocycles. The molecule has 1 unspecified atom stereocenters. The Kier molecular flexibility index (Phi) is 4.39. The van der Waals surface area contributed by atoms with Gasteiger partial charge in [0.25, 0.3) is 5.91 Å². The van der Waals surface area contributed by atoms with E-state index < -0.39 is 11.9 Å². The number of fused-ring (bicyclic) bond motifs is 1. The van der Waals surface area contributed by atoms with Crippen LogP contribution in [-0.4, -0.2) is 57.1 Å². The molecule has 150 valence electrons. The van der Waals surface area contributed by atoms with Gasteiger partial charge in [0.05, 0.1) is 0 Å². The molecule has 1 atom stereocenters. The van der Waals surface area contributed by atoms with Crippen molar-refractivity contribution in [2.45, 2.75) is 44.2 Å². The highest BCUT2D eigenvalue weighted by molar-refractivity contribution is 6.05. The van der Waals surface area contributed by atoms with Crippen LogP contribution in [-0.2, 0) is 20.9 Å². The molecule has 0 spiro atoms. The molecule has 3 aliphatic rings. The van der Waals surface area contributed by atoms with Crippen LogP contribution in [0, 0.1) is 0 Å². The van der Waals surface area contributed by atoms with Gasteiger partial charge in [0, 0.05) is 43.2 Å². The fourth-order valence-corrected chi connectivity index (χ4v) is 4.27. The first kappa shape index (κ1) is 18.0. The molecule has 2 N–H and O–H groups in total. The summed E-state index contributed by atoms with van der Waals surface area (Å²) in [6.07, 6.45) is 2.45. The summed E-state index contributed by atoms with van der Waals surface area (Å²) in [4.78, 5) is 42.6. The van der Waals surface area contributed by atoms with Gasteiger partial charge in [0.15, 0.2) is 5.82 Å². The maximum atomic E-state index is 12.8. The van der Waals surface area contributed by atoms with Gasteiger partial charge < -0.3 is 9.64 Å². The predicted molar refractivity (Wildman–Crippen MR) is 101 cm³/mol. The Balaban J connectivity index is 1.37. The van der Waals surface area contributed by atoms with Gasteiger partial charge in [-0.1, -0.05) is 6.07 Å². The van der Waals surface area contributed by atoms with Crippen molar-refractivity contribution in [1.82, 2.24) is 25.4 Å². The molecule has 4 heterocycles. The van der Waals surface area contributed by atoms with Gasteiger partial charge in [0.2, 0.25) is 11.8 Å². The van der Waals surface area contributed by atoms with Crippen LogP contribution in [0.4, 0.5) is 0 Å². The molecule has 0 aliphatic carbocycles. The fraction of sp³-hybridized carbons (Fsp3) is 0.450. The first-order valence-electron chi connectivity index (χ1n) is 9.88. The van der Waals surface area contributed by atoms with Crippen molar-refractivity contribution in [2.24, 2.45) is 0 Å². The minimum atomic E-state index is -0.611. The number of imide groups is 1. The number of hydrogen-bond donors (Lipinski definition) is 2. The van der Waals surface area contributed by atoms with E-state index in [1.807, 2.05) is 12.1 Å². The van der Waals surface area contributed by atoms with Crippen molar-refractivity contribution in [2.75, 3.05) is 13.2 Å². The summed E-state index contributed by atoms with van der Waals surface area (Å²) < 4.78 is 5.40. The summed E-state index contributed by atoms with van der Waals surface area (Å²) in [5.74, 6) is 0.912. The highest BCUT2D eigenvalue weighted by atomic mass is 16.5. The Bertz CT molecular complexity index is 995. The number of amides is 3. The van der Waals surface area contributed by atoms with Gasteiger partial charge in [-0.2, -0.15) is 5.10 Å². The smallest absolute Gasteiger partial charge is 0.255 e. The molecule has 0 bridgehead atoms. The molecule has 9 heteroatoms. The summed E-state index contributed by atoms with van der Waals surface area (Å²) in [7, 11) is 0. The predicted octanol–water partition coefficient (Wildman–Crippen LogP) is 1.13. The molecule has 9 nitrogen and oxygen atoms in total. The third-order valence-electron chi connectivity index (χ3n) is 5.89. The highest BCUT2D eigenvalue weighted by Gasteiger charge is 2.39. The first-order valence-corrected chi connectivity index (χ1v) is 9.88. The zero-order valence-corrected chi connectivity index (χ0v) is 15.8. The second-order valence-corrected chi connectivity index (χ2v) is 7.70. The van der Waals surface area contributed by atoms with Gasteiger partial charge in [-0.25, -0.2) is 4.98 Å². The monoisotopic (exact) mass is 395 g/mol. The number of carbonyl (C=O) groups excluding carboxylic acids is 3. The third kappa shape index (κ3) is 3.21. The van der Waals surface area contributed by atoms with Crippen LogP contribution in [0.25, 0.3) is 11.4 Å². The van der Waals surface area contributed by atoms with E-state index in [0.717, 1.165) is 43.0 Å². The Hall–Kier alpha value is -3.07. The Morgan fingerprint density at radius 1 is 1.10 bits per heavy atom. The van der Waals surface area contributed by atoms with Crippen LogP contribution in [0.2, 0.25) is 0 Å². The van der Waals surface area contributed by atoms with Crippen LogP contribution < -0.4 is 5.32 Å². The van der Waals surface area contributed by atoms with Gasteiger partial charge in [0.1, 0.15) is 11.9 Å². The Morgan fingerprint density at radius 3 is 2.72 bits per heavy atom. The van der Waals surface area contributed by atoms with Gasteiger partial charge in [-0.3, -0.25) is 24.8 Å². The first-order chi connectivity index (χ1) is 14.1. The van der Waals surface area contributed by atoms with Crippen molar-refractivity contribution in [1.29, 1.82) is 0 Å². The fourth-order valence-electron chi connectivity index (χ4n) is 4.27. The van der Waals surface area contributed by atoms with E-state index in [1.54, 1.807) is 11.0 Å². The highest BCUT2D eigenvalue weighted by Crippen LogP contribution is 2.31. The summed E-state index contributed by atoms with van der Waals surface area (Å²) in [6, 6.07) is 4.90. The van der Waals surface area contributed by atoms with Crippen molar-refractivity contribution in [3.63, 3.8) is 0 Å². The van der Waals surface area contributed by atoms with E-state index >= 15 is 0 Å². The molecular weight excluding hydrogens is 374 g/mol. The van der Waals surface area contributed by atoms with Gasteiger partial charge in [-0.05, 0) is 37.0 Å². The summed E-state index contributed by atoms with van der Waals surface area (Å²) in [5, 5.41) is 9.72. The average Bonchev–Trinajstić information content (AvgIpc) is 3.34. The summed E-state index contributed by atoms with van der Waals surface area (Å²) >= 11 is 0. The third-order valence-corrected chi connectivity index (χ3v) is 5.89. The quantitative estimate of drug-likeness (QED) is 0.753. The number of nitrogens with zero attached hydrogens (tertiary/aromatic N) is 3. The Labute approximate surface area is 166 Å². The topological polar surface area (TPSA) is 117 Å². The number of piperidine rings is 1. The molecule has 0 saturated carbocycles. The number of H-pyrrole nitrogens is 1. The SMILES string of the molecule is O=C1CCC(N2Cc3cc(-c4n[nH]c(C5CCOCC5)n4)ccc3C2=O)C(=O)N1. The lowest BCUT2D eigenvalue weighted by molar-refractivity contribution is -0.136. The van der Waals surface area contributed by atoms with E-state index in [0.29, 0.717) is 30.3 Å². The van der Waals surface area contributed by atoms with Crippen LogP contribution in [0.15, 0.2) is 18.2 Å². The zero-order chi connectivity index (χ0) is 20.0. The molecule has 3 aliphatic heterocycles. The molecule has 3 amide bonds. The van der Waals surface area contributed by atoms with E-state index in [-0.39, 0.29) is 18.2 Å². The van der Waals surface area contributed by atoms with E-state index in [9.17, 15) is 14.4 Å². The molecular formula is C20H21N5O4. The lowest BCUT2D eigenvalue weighted by atomic mass is 10.00. The second kappa shape index (κ2) is 7.07. The minimum absolute atomic E-state index is 0.182. The summed E-state index contributed by atoms with van der Waals surface area (Å²) in [5.41, 5.74) is 2.25. The molecule has 0 radical (unpaired) electrons. The lowest BCUT2D eigenvalue weighted by Gasteiger charge is -2.29. The number of ether oxygens (including phenoxy) is 1. The normalized spacial score (nSPS) is 22.7. The van der Waals surface area contributed by atoms with Crippen molar-refractivity contribution < 1.29 is 19.1 Å². The Morgan fingerprint density at radius 2 is 1.93 bits per heavy atom. The number of nitrogens with one attached hydrogen (secondary N) is 2. The number of aromatic amines is 1. The van der Waals surface area contributed by atoms with Crippen molar-refractivity contribution in [3.8, 4) is 11.4 Å². The maximum absolute atomic E-state index is 12.8. The maximum Gasteiger partial charge on any atom is 0.255 e. The van der Waals surface area contributed by atoms with Crippen molar-refractivity contribution >= 4 is 17.7 Å². The van der Waals surface area contributed by atoms with E-state index in [2.05, 4.69) is 20.5 Å². The number of hydrogen-bond acceptors (Lipinski definition) is 6. The van der Waals surface area contributed by atoms with Gasteiger partial charge in [-0.15, -0.1) is 0 Å². The van der Waals surface area contributed by atoms with Crippen LogP contribution in [0.1, 0.15) is 53.3 Å². The van der Waals surface area contributed by atoms with Crippen LogP contribution >= 0.6 is 0 Å². The molecule has 29 heavy (non-hydrogen) atoms. The van der Waals surface area contributed by atoms with Crippen LogP contribution in [0.3, 0.4) is 0 Å². The van der Waals surface area contributed by atoms with Crippen LogP contribution in [0.5, 0.6) is 0 Å². The number of aromatic nitrogens is 3. The molecule has 2 aromatic rings. The number of carbonyl (C=O) groups is 3. The molecule has 2 fully saturated rings. The number of benzene rings is 1. The largest absolute Gasteiger partial charge is 0.381 e. The summed E-state index contributed by atoms with van der Waals surface area (Å²) in [6.45, 7) is 1.81. The van der Waals surface area contributed by atoms with E-state index in [4.69, 9.17) is 4.74 Å². The molecule has 2 saturated heterocycles. The minimum Gasteiger partial charge on any atom is -0.381 e. The van der Waals surface area contributed by atoms with Crippen molar-refractivity contribution in [3.05, 3.63) is 35.2 Å². The molecule has 1 aromatic carbocycles. The zero-order valence-electron chi connectivity index (χ0n) is 15.8. The lowest BCUT2D eigenvalue weighted by Crippen LogP contribution is -2.52. The number of rotatable bonds is 3. The van der Waals surface area contributed by atoms with Gasteiger partial charge >= 0.3 is 0 Å². The second-order valence-electron chi connectivity index (χ2n) is 7.70. The van der Waals surface area contributed by atoms with E-state index in [1.165, 1.54) is 0 Å².